The third-order valence-electron chi connectivity index (χ3n) is 1.77. The number of esters is 1. The third-order valence-corrected chi connectivity index (χ3v) is 1.77. The van der Waals surface area contributed by atoms with Crippen molar-refractivity contribution < 1.29 is 14.3 Å². The van der Waals surface area contributed by atoms with E-state index in [4.69, 9.17) is 0 Å². The van der Waals surface area contributed by atoms with Crippen LogP contribution >= 0.6 is 0 Å². The highest BCUT2D eigenvalue weighted by Crippen LogP contribution is 1.92. The van der Waals surface area contributed by atoms with Crippen LogP contribution in [0.3, 0.4) is 0 Å². The molecule has 0 atom stereocenters. The van der Waals surface area contributed by atoms with Gasteiger partial charge in [-0.3, -0.25) is 14.5 Å². The van der Waals surface area contributed by atoms with Crippen molar-refractivity contribution in [3.8, 4) is 0 Å². The number of methoxy groups -OCH3 is 1. The Balaban J connectivity index is 4.00. The maximum Gasteiger partial charge on any atom is 0.319 e. The fraction of sp³-hybridized carbons (Fsp3) is 0.778. The van der Waals surface area contributed by atoms with E-state index in [0.717, 1.165) is 6.42 Å². The van der Waals surface area contributed by atoms with Crippen molar-refractivity contribution in [2.75, 3.05) is 33.8 Å². The lowest BCUT2D eigenvalue weighted by molar-refractivity contribution is -0.142. The standard InChI is InChI=1S/C9H18N2O3/c1-4-5-11(6-8(12)10-2)7-9(13)14-3/h4-7H2,1-3H3,(H,10,12). The van der Waals surface area contributed by atoms with Crippen LogP contribution in [0.15, 0.2) is 0 Å². The Morgan fingerprint density at radius 2 is 2.00 bits per heavy atom. The summed E-state index contributed by atoms with van der Waals surface area (Å²) in [5.41, 5.74) is 0. The first-order chi connectivity index (χ1) is 6.63. The molecule has 0 rings (SSSR count). The summed E-state index contributed by atoms with van der Waals surface area (Å²) in [5, 5.41) is 2.51. The summed E-state index contributed by atoms with van der Waals surface area (Å²) in [6.45, 7) is 3.11. The van der Waals surface area contributed by atoms with E-state index in [9.17, 15) is 9.59 Å². The molecule has 0 spiro atoms. The number of nitrogens with zero attached hydrogens (tertiary/aromatic N) is 1. The number of amides is 1. The Morgan fingerprint density at radius 3 is 2.43 bits per heavy atom. The Kier molecular flexibility index (Phi) is 6.74. The Morgan fingerprint density at radius 1 is 1.36 bits per heavy atom. The first kappa shape index (κ1) is 12.9. The van der Waals surface area contributed by atoms with E-state index < -0.39 is 0 Å². The van der Waals surface area contributed by atoms with Crippen LogP contribution < -0.4 is 5.32 Å². The van der Waals surface area contributed by atoms with Crippen molar-refractivity contribution in [2.24, 2.45) is 0 Å². The van der Waals surface area contributed by atoms with E-state index in [1.165, 1.54) is 7.11 Å². The lowest BCUT2D eigenvalue weighted by Crippen LogP contribution is -2.39. The van der Waals surface area contributed by atoms with E-state index in [1.54, 1.807) is 11.9 Å². The predicted molar refractivity (Wildman–Crippen MR) is 52.8 cm³/mol. The number of likely N-dealkylation sites (N-methyl/N-ethyl adjacent to an activating group) is 1. The van der Waals surface area contributed by atoms with Crippen LogP contribution in [-0.2, 0) is 14.3 Å². The second-order valence-corrected chi connectivity index (χ2v) is 2.96. The topological polar surface area (TPSA) is 58.6 Å². The molecule has 82 valence electrons. The number of rotatable bonds is 6. The number of carbonyl (C=O) groups is 2. The smallest absolute Gasteiger partial charge is 0.319 e. The van der Waals surface area contributed by atoms with Crippen LogP contribution in [0.2, 0.25) is 0 Å². The van der Waals surface area contributed by atoms with Gasteiger partial charge >= 0.3 is 5.97 Å². The molecule has 5 nitrogen and oxygen atoms in total. The van der Waals surface area contributed by atoms with Gasteiger partial charge in [-0.05, 0) is 13.0 Å². The van der Waals surface area contributed by atoms with Crippen molar-refractivity contribution in [1.29, 1.82) is 0 Å². The minimum Gasteiger partial charge on any atom is -0.468 e. The maximum absolute atomic E-state index is 11.1. The highest BCUT2D eigenvalue weighted by Gasteiger charge is 2.12. The molecule has 0 saturated heterocycles. The highest BCUT2D eigenvalue weighted by atomic mass is 16.5. The van der Waals surface area contributed by atoms with Crippen LogP contribution in [0.5, 0.6) is 0 Å². The van der Waals surface area contributed by atoms with Gasteiger partial charge in [0, 0.05) is 7.05 Å². The molecule has 0 aliphatic heterocycles. The molecule has 14 heavy (non-hydrogen) atoms. The van der Waals surface area contributed by atoms with Gasteiger partial charge in [-0.2, -0.15) is 0 Å². The summed E-state index contributed by atoms with van der Waals surface area (Å²) < 4.78 is 4.53. The van der Waals surface area contributed by atoms with Gasteiger partial charge in [-0.1, -0.05) is 6.92 Å². The fourth-order valence-corrected chi connectivity index (χ4v) is 1.06. The summed E-state index contributed by atoms with van der Waals surface area (Å²) in [4.78, 5) is 23.8. The first-order valence-corrected chi connectivity index (χ1v) is 4.63. The first-order valence-electron chi connectivity index (χ1n) is 4.63. The van der Waals surface area contributed by atoms with Crippen LogP contribution in [0, 0.1) is 0 Å². The molecule has 1 N–H and O–H groups in total. The number of hydrogen-bond acceptors (Lipinski definition) is 4. The van der Waals surface area contributed by atoms with E-state index in [1.807, 2.05) is 6.92 Å². The summed E-state index contributed by atoms with van der Waals surface area (Å²) in [6.07, 6.45) is 0.897. The second kappa shape index (κ2) is 7.32. The number of nitrogens with one attached hydrogen (secondary N) is 1. The molecular formula is C9H18N2O3. The molecule has 0 unspecified atom stereocenters. The molecule has 0 aliphatic rings. The predicted octanol–water partition coefficient (Wildman–Crippen LogP) is -0.383. The molecule has 0 fully saturated rings. The van der Waals surface area contributed by atoms with Crippen molar-refractivity contribution in [3.05, 3.63) is 0 Å². The van der Waals surface area contributed by atoms with Crippen LogP contribution in [0.1, 0.15) is 13.3 Å². The molecule has 0 aromatic rings. The van der Waals surface area contributed by atoms with Gasteiger partial charge in [0.25, 0.3) is 0 Å². The molecular weight excluding hydrogens is 184 g/mol. The molecule has 5 heteroatoms. The van der Waals surface area contributed by atoms with Gasteiger partial charge in [-0.25, -0.2) is 0 Å². The lowest BCUT2D eigenvalue weighted by atomic mass is 10.4. The van der Waals surface area contributed by atoms with E-state index in [0.29, 0.717) is 6.54 Å². The largest absolute Gasteiger partial charge is 0.468 e. The zero-order valence-electron chi connectivity index (χ0n) is 9.00. The Hall–Kier alpha value is -1.10. The molecule has 0 aliphatic carbocycles. The zero-order valence-corrected chi connectivity index (χ0v) is 9.00. The van der Waals surface area contributed by atoms with E-state index in [2.05, 4.69) is 10.1 Å². The number of carbonyl (C=O) groups excluding carboxylic acids is 2. The highest BCUT2D eigenvalue weighted by molar-refractivity contribution is 5.78. The summed E-state index contributed by atoms with van der Waals surface area (Å²) in [6, 6.07) is 0. The van der Waals surface area contributed by atoms with Crippen molar-refractivity contribution in [2.45, 2.75) is 13.3 Å². The van der Waals surface area contributed by atoms with Crippen molar-refractivity contribution in [1.82, 2.24) is 10.2 Å². The molecule has 0 radical (unpaired) electrons. The number of hydrogen-bond donors (Lipinski definition) is 1. The molecule has 0 aromatic carbocycles. The summed E-state index contributed by atoms with van der Waals surface area (Å²) in [7, 11) is 2.91. The average molecular weight is 202 g/mol. The van der Waals surface area contributed by atoms with Crippen LogP contribution in [-0.4, -0.2) is 50.6 Å². The minimum atomic E-state index is -0.317. The molecule has 1 amide bonds. The van der Waals surface area contributed by atoms with Crippen LogP contribution in [0.25, 0.3) is 0 Å². The van der Waals surface area contributed by atoms with Crippen LogP contribution in [0.4, 0.5) is 0 Å². The summed E-state index contributed by atoms with van der Waals surface area (Å²) in [5.74, 6) is -0.412. The monoisotopic (exact) mass is 202 g/mol. The maximum atomic E-state index is 11.1. The Bertz CT molecular complexity index is 176. The minimum absolute atomic E-state index is 0.0950. The van der Waals surface area contributed by atoms with E-state index >= 15 is 0 Å². The molecule has 0 saturated carbocycles. The average Bonchev–Trinajstić information content (AvgIpc) is 2.17. The normalized spacial score (nSPS) is 10.0. The molecule has 0 heterocycles. The fourth-order valence-electron chi connectivity index (χ4n) is 1.06. The van der Waals surface area contributed by atoms with Gasteiger partial charge in [0.1, 0.15) is 0 Å². The lowest BCUT2D eigenvalue weighted by Gasteiger charge is -2.18. The van der Waals surface area contributed by atoms with Gasteiger partial charge in [0.15, 0.2) is 0 Å². The molecule has 0 bridgehead atoms. The molecule has 0 aromatic heterocycles. The SMILES string of the molecule is CCCN(CC(=O)NC)CC(=O)OC. The second-order valence-electron chi connectivity index (χ2n) is 2.96. The van der Waals surface area contributed by atoms with E-state index in [-0.39, 0.29) is 25.0 Å². The Labute approximate surface area is 84.4 Å². The van der Waals surface area contributed by atoms with Gasteiger partial charge in [0.2, 0.25) is 5.91 Å². The van der Waals surface area contributed by atoms with Crippen molar-refractivity contribution >= 4 is 11.9 Å². The number of ether oxygens (including phenoxy) is 1. The summed E-state index contributed by atoms with van der Waals surface area (Å²) >= 11 is 0. The van der Waals surface area contributed by atoms with Gasteiger partial charge in [-0.15, -0.1) is 0 Å². The zero-order chi connectivity index (χ0) is 11.0. The quantitative estimate of drug-likeness (QED) is 0.596. The third kappa shape index (κ3) is 5.53. The van der Waals surface area contributed by atoms with Gasteiger partial charge in [0.05, 0.1) is 20.2 Å². The van der Waals surface area contributed by atoms with Gasteiger partial charge < -0.3 is 10.1 Å². The van der Waals surface area contributed by atoms with Crippen molar-refractivity contribution in [3.63, 3.8) is 0 Å².